The van der Waals surface area contributed by atoms with Gasteiger partial charge in [0.05, 0.1) is 0 Å². The molecule has 1 saturated heterocycles. The van der Waals surface area contributed by atoms with Crippen LogP contribution in [0.2, 0.25) is 0 Å². The molecular formula is C17H24N2O. The number of benzene rings is 1. The van der Waals surface area contributed by atoms with Gasteiger partial charge in [-0.25, -0.2) is 0 Å². The summed E-state index contributed by atoms with van der Waals surface area (Å²) in [6.07, 6.45) is 3.11. The van der Waals surface area contributed by atoms with Gasteiger partial charge in [-0.3, -0.25) is 10.1 Å². The standard InChI is InChI=1S/C17H24N2O/c1-12(2)8-11-19-15(14-6-4-13(3)5-7-14)18-17(9-10-17)16(19)20/h4-7,12,15,18H,8-11H2,1-3H3. The molecule has 1 heterocycles. The fourth-order valence-electron chi connectivity index (χ4n) is 2.92. The van der Waals surface area contributed by atoms with Crippen molar-refractivity contribution in [3.63, 3.8) is 0 Å². The highest BCUT2D eigenvalue weighted by molar-refractivity contribution is 5.92. The molecule has 3 nitrogen and oxygen atoms in total. The van der Waals surface area contributed by atoms with Crippen molar-refractivity contribution in [3.05, 3.63) is 35.4 Å². The zero-order valence-corrected chi connectivity index (χ0v) is 12.6. The van der Waals surface area contributed by atoms with Crippen molar-refractivity contribution in [2.75, 3.05) is 6.54 Å². The minimum atomic E-state index is -0.230. The molecule has 1 aromatic rings. The van der Waals surface area contributed by atoms with Crippen LogP contribution in [0.5, 0.6) is 0 Å². The molecule has 1 aromatic carbocycles. The number of nitrogens with zero attached hydrogens (tertiary/aromatic N) is 1. The average Bonchev–Trinajstić information content (AvgIpc) is 3.13. The largest absolute Gasteiger partial charge is 0.321 e. The predicted molar refractivity (Wildman–Crippen MR) is 80.2 cm³/mol. The molecule has 1 aliphatic heterocycles. The highest BCUT2D eigenvalue weighted by Crippen LogP contribution is 2.46. The number of rotatable bonds is 4. The lowest BCUT2D eigenvalue weighted by Crippen LogP contribution is -2.33. The first-order valence-electron chi connectivity index (χ1n) is 7.67. The Kier molecular flexibility index (Phi) is 3.33. The van der Waals surface area contributed by atoms with E-state index < -0.39 is 0 Å². The number of carbonyl (C=O) groups excluding carboxylic acids is 1. The second kappa shape index (κ2) is 4.88. The summed E-state index contributed by atoms with van der Waals surface area (Å²) in [5.41, 5.74) is 2.23. The number of hydrogen-bond donors (Lipinski definition) is 1. The lowest BCUT2D eigenvalue weighted by Gasteiger charge is -2.25. The van der Waals surface area contributed by atoms with E-state index in [2.05, 4.69) is 55.3 Å². The van der Waals surface area contributed by atoms with Gasteiger partial charge in [0.2, 0.25) is 5.91 Å². The van der Waals surface area contributed by atoms with Crippen molar-refractivity contribution in [1.82, 2.24) is 10.2 Å². The van der Waals surface area contributed by atoms with Gasteiger partial charge in [0.1, 0.15) is 11.7 Å². The van der Waals surface area contributed by atoms with E-state index in [0.29, 0.717) is 11.8 Å². The van der Waals surface area contributed by atoms with Gasteiger partial charge in [0, 0.05) is 6.54 Å². The van der Waals surface area contributed by atoms with Crippen LogP contribution < -0.4 is 5.32 Å². The van der Waals surface area contributed by atoms with Crippen LogP contribution in [0.1, 0.15) is 50.4 Å². The van der Waals surface area contributed by atoms with Crippen LogP contribution in [-0.2, 0) is 4.79 Å². The molecule has 2 fully saturated rings. The first-order valence-corrected chi connectivity index (χ1v) is 7.67. The van der Waals surface area contributed by atoms with Crippen LogP contribution in [0.4, 0.5) is 0 Å². The van der Waals surface area contributed by atoms with Crippen LogP contribution in [0, 0.1) is 12.8 Å². The van der Waals surface area contributed by atoms with E-state index in [9.17, 15) is 4.79 Å². The molecule has 1 aliphatic carbocycles. The van der Waals surface area contributed by atoms with Crippen LogP contribution >= 0.6 is 0 Å². The van der Waals surface area contributed by atoms with Crippen molar-refractivity contribution in [2.24, 2.45) is 5.92 Å². The van der Waals surface area contributed by atoms with Crippen LogP contribution in [0.25, 0.3) is 0 Å². The lowest BCUT2D eigenvalue weighted by molar-refractivity contribution is -0.131. The molecule has 1 spiro atoms. The summed E-state index contributed by atoms with van der Waals surface area (Å²) in [6, 6.07) is 8.54. The van der Waals surface area contributed by atoms with Gasteiger partial charge in [-0.1, -0.05) is 43.7 Å². The second-order valence-corrected chi connectivity index (χ2v) is 6.72. The topological polar surface area (TPSA) is 32.3 Å². The van der Waals surface area contributed by atoms with E-state index >= 15 is 0 Å². The molecule has 1 amide bonds. The van der Waals surface area contributed by atoms with E-state index in [4.69, 9.17) is 0 Å². The van der Waals surface area contributed by atoms with Crippen LogP contribution in [0.3, 0.4) is 0 Å². The molecule has 1 saturated carbocycles. The molecule has 0 radical (unpaired) electrons. The first-order chi connectivity index (χ1) is 9.52. The minimum Gasteiger partial charge on any atom is -0.321 e. The molecule has 3 heteroatoms. The van der Waals surface area contributed by atoms with Crippen molar-refractivity contribution >= 4 is 5.91 Å². The van der Waals surface area contributed by atoms with E-state index in [1.165, 1.54) is 11.1 Å². The van der Waals surface area contributed by atoms with E-state index in [1.807, 2.05) is 0 Å². The van der Waals surface area contributed by atoms with Crippen molar-refractivity contribution in [3.8, 4) is 0 Å². The van der Waals surface area contributed by atoms with Gasteiger partial charge in [-0.15, -0.1) is 0 Å². The summed E-state index contributed by atoms with van der Waals surface area (Å²) in [5.74, 6) is 0.931. The number of amides is 1. The first kappa shape index (κ1) is 13.6. The monoisotopic (exact) mass is 272 g/mol. The third-order valence-electron chi connectivity index (χ3n) is 4.49. The molecule has 20 heavy (non-hydrogen) atoms. The molecule has 0 bridgehead atoms. The van der Waals surface area contributed by atoms with Crippen molar-refractivity contribution in [2.45, 2.75) is 51.7 Å². The van der Waals surface area contributed by atoms with Gasteiger partial charge in [0.25, 0.3) is 0 Å². The summed E-state index contributed by atoms with van der Waals surface area (Å²) in [6.45, 7) is 7.36. The zero-order chi connectivity index (χ0) is 14.3. The molecule has 1 unspecified atom stereocenters. The predicted octanol–water partition coefficient (Wildman–Crippen LogP) is 3.00. The Morgan fingerprint density at radius 1 is 1.30 bits per heavy atom. The summed E-state index contributed by atoms with van der Waals surface area (Å²) in [5, 5.41) is 3.58. The lowest BCUT2D eigenvalue weighted by atomic mass is 10.1. The van der Waals surface area contributed by atoms with E-state index in [-0.39, 0.29) is 11.7 Å². The Labute approximate surface area is 121 Å². The molecule has 1 N–H and O–H groups in total. The van der Waals surface area contributed by atoms with Crippen LogP contribution in [0.15, 0.2) is 24.3 Å². The molecule has 108 valence electrons. The number of aryl methyl sites for hydroxylation is 1. The smallest absolute Gasteiger partial charge is 0.244 e. The number of nitrogens with one attached hydrogen (secondary N) is 1. The highest BCUT2D eigenvalue weighted by Gasteiger charge is 2.59. The van der Waals surface area contributed by atoms with Gasteiger partial charge in [-0.05, 0) is 37.7 Å². The Morgan fingerprint density at radius 3 is 2.50 bits per heavy atom. The Hall–Kier alpha value is -1.35. The minimum absolute atomic E-state index is 0.0596. The Balaban J connectivity index is 1.83. The maximum absolute atomic E-state index is 12.6. The fraction of sp³-hybridized carbons (Fsp3) is 0.588. The molecule has 1 atom stereocenters. The van der Waals surface area contributed by atoms with Gasteiger partial charge in [-0.2, -0.15) is 0 Å². The molecule has 2 aliphatic rings. The normalized spacial score (nSPS) is 23.9. The van der Waals surface area contributed by atoms with Gasteiger partial charge < -0.3 is 4.90 Å². The van der Waals surface area contributed by atoms with Crippen molar-refractivity contribution in [1.29, 1.82) is 0 Å². The summed E-state index contributed by atoms with van der Waals surface area (Å²) < 4.78 is 0. The second-order valence-electron chi connectivity index (χ2n) is 6.72. The zero-order valence-electron chi connectivity index (χ0n) is 12.6. The SMILES string of the molecule is Cc1ccc(C2NC3(CC3)C(=O)N2CCC(C)C)cc1. The van der Waals surface area contributed by atoms with Crippen LogP contribution in [-0.4, -0.2) is 22.9 Å². The molecular weight excluding hydrogens is 248 g/mol. The number of carbonyl (C=O) groups is 1. The maximum atomic E-state index is 12.6. The van der Waals surface area contributed by atoms with E-state index in [1.54, 1.807) is 0 Å². The summed E-state index contributed by atoms with van der Waals surface area (Å²) in [7, 11) is 0. The van der Waals surface area contributed by atoms with Gasteiger partial charge in [0.15, 0.2) is 0 Å². The fourth-order valence-corrected chi connectivity index (χ4v) is 2.92. The summed E-state index contributed by atoms with van der Waals surface area (Å²) >= 11 is 0. The average molecular weight is 272 g/mol. The van der Waals surface area contributed by atoms with Gasteiger partial charge >= 0.3 is 0 Å². The number of hydrogen-bond acceptors (Lipinski definition) is 2. The Bertz CT molecular complexity index is 502. The maximum Gasteiger partial charge on any atom is 0.244 e. The quantitative estimate of drug-likeness (QED) is 0.914. The van der Waals surface area contributed by atoms with E-state index in [0.717, 1.165) is 25.8 Å². The van der Waals surface area contributed by atoms with Crippen molar-refractivity contribution < 1.29 is 4.79 Å². The third-order valence-corrected chi connectivity index (χ3v) is 4.49. The Morgan fingerprint density at radius 2 is 1.95 bits per heavy atom. The summed E-state index contributed by atoms with van der Waals surface area (Å²) in [4.78, 5) is 14.7. The molecule has 3 rings (SSSR count). The third kappa shape index (κ3) is 2.35. The highest BCUT2D eigenvalue weighted by atomic mass is 16.2. The molecule has 0 aromatic heterocycles.